The first-order chi connectivity index (χ1) is 14.4. The van der Waals surface area contributed by atoms with Gasteiger partial charge in [0.2, 0.25) is 0 Å². The van der Waals surface area contributed by atoms with Crippen molar-refractivity contribution in [2.75, 3.05) is 13.1 Å². The molecule has 4 N–H and O–H groups in total. The van der Waals surface area contributed by atoms with Crippen molar-refractivity contribution in [3.8, 4) is 17.2 Å². The van der Waals surface area contributed by atoms with Gasteiger partial charge in [0.25, 0.3) is 0 Å². The zero-order chi connectivity index (χ0) is 21.3. The van der Waals surface area contributed by atoms with Gasteiger partial charge in [-0.15, -0.1) is 0 Å². The summed E-state index contributed by atoms with van der Waals surface area (Å²) >= 11 is 0. The Hall–Kier alpha value is -2.42. The first kappa shape index (κ1) is 20.8. The van der Waals surface area contributed by atoms with Crippen LogP contribution in [0.1, 0.15) is 24.0 Å². The maximum absolute atomic E-state index is 13.4. The molecule has 4 rings (SSSR count). The molecule has 30 heavy (non-hydrogen) atoms. The molecule has 2 aliphatic heterocycles. The van der Waals surface area contributed by atoms with Gasteiger partial charge in [-0.2, -0.15) is 0 Å². The number of halogens is 2. The molecule has 0 bridgehead atoms. The van der Waals surface area contributed by atoms with Crippen LogP contribution in [0.2, 0.25) is 0 Å². The van der Waals surface area contributed by atoms with Gasteiger partial charge in [-0.05, 0) is 55.5 Å². The first-order valence-corrected chi connectivity index (χ1v) is 10.1. The second-order valence-electron chi connectivity index (χ2n) is 7.85. The third-order valence-electron chi connectivity index (χ3n) is 5.64. The summed E-state index contributed by atoms with van der Waals surface area (Å²) in [5, 5.41) is 33.8. The number of aliphatic hydroxyl groups excluding tert-OH is 2. The summed E-state index contributed by atoms with van der Waals surface area (Å²) in [6.07, 6.45) is -0.470. The van der Waals surface area contributed by atoms with Gasteiger partial charge in [0.15, 0.2) is 11.5 Å². The van der Waals surface area contributed by atoms with Gasteiger partial charge in [0.05, 0.1) is 0 Å². The normalized spacial score (nSPS) is 22.3. The van der Waals surface area contributed by atoms with Crippen molar-refractivity contribution >= 4 is 0 Å². The number of aryl methyl sites for hydroxylation is 2. The largest absolute Gasteiger partial charge is 0.504 e. The molecule has 6 nitrogen and oxygen atoms in total. The van der Waals surface area contributed by atoms with E-state index in [4.69, 9.17) is 9.47 Å². The Bertz CT molecular complexity index is 909. The van der Waals surface area contributed by atoms with E-state index in [9.17, 15) is 24.1 Å². The molecule has 0 saturated heterocycles. The Morgan fingerprint density at radius 2 is 1.53 bits per heavy atom. The van der Waals surface area contributed by atoms with Crippen LogP contribution in [0.4, 0.5) is 8.78 Å². The minimum atomic E-state index is -0.870. The standard InChI is InChI=1S/C22H25F2NO5/c23-14-3-6-19-12(7-14)1-4-20(29-19)17(27)10-25-11-18(28)21-5-2-13-8-15(24)9-16(26)22(13)30-21/h3,6-9,17-18,20-21,25-28H,1-2,4-5,10-11H2. The van der Waals surface area contributed by atoms with E-state index in [1.165, 1.54) is 18.2 Å². The van der Waals surface area contributed by atoms with Crippen LogP contribution in [0.25, 0.3) is 0 Å². The van der Waals surface area contributed by atoms with Crippen molar-refractivity contribution in [2.24, 2.45) is 0 Å². The predicted molar refractivity (Wildman–Crippen MR) is 105 cm³/mol. The SMILES string of the molecule is Oc1cc(F)cc2c1OC(C(O)CNCC(O)C1CCc3cc(F)ccc3O1)CC2. The highest BCUT2D eigenvalue weighted by molar-refractivity contribution is 5.47. The van der Waals surface area contributed by atoms with Crippen molar-refractivity contribution in [3.63, 3.8) is 0 Å². The number of benzene rings is 2. The second kappa shape index (κ2) is 8.75. The third-order valence-corrected chi connectivity index (χ3v) is 5.64. The van der Waals surface area contributed by atoms with Crippen LogP contribution >= 0.6 is 0 Å². The van der Waals surface area contributed by atoms with Crippen LogP contribution in [-0.4, -0.2) is 52.8 Å². The Morgan fingerprint density at radius 3 is 2.27 bits per heavy atom. The van der Waals surface area contributed by atoms with E-state index in [0.717, 1.165) is 11.6 Å². The molecule has 162 valence electrons. The molecule has 0 spiro atoms. The number of rotatable bonds is 6. The lowest BCUT2D eigenvalue weighted by molar-refractivity contribution is 0.00822. The summed E-state index contributed by atoms with van der Waals surface area (Å²) in [5.74, 6) is -0.324. The van der Waals surface area contributed by atoms with Gasteiger partial charge in [-0.1, -0.05) is 0 Å². The molecule has 0 fully saturated rings. The lowest BCUT2D eigenvalue weighted by Crippen LogP contribution is -2.46. The van der Waals surface area contributed by atoms with E-state index in [1.54, 1.807) is 6.07 Å². The average Bonchev–Trinajstić information content (AvgIpc) is 2.72. The quantitative estimate of drug-likeness (QED) is 0.571. The molecular formula is C22H25F2NO5. The molecule has 4 atom stereocenters. The lowest BCUT2D eigenvalue weighted by Gasteiger charge is -2.31. The number of hydrogen-bond donors (Lipinski definition) is 4. The van der Waals surface area contributed by atoms with Gasteiger partial charge >= 0.3 is 0 Å². The maximum Gasteiger partial charge on any atom is 0.164 e. The first-order valence-electron chi connectivity index (χ1n) is 10.1. The van der Waals surface area contributed by atoms with E-state index in [-0.39, 0.29) is 30.4 Å². The minimum absolute atomic E-state index is 0.174. The smallest absolute Gasteiger partial charge is 0.164 e. The van der Waals surface area contributed by atoms with E-state index in [0.29, 0.717) is 37.0 Å². The van der Waals surface area contributed by atoms with Crippen LogP contribution in [0.15, 0.2) is 30.3 Å². The van der Waals surface area contributed by atoms with Crippen LogP contribution in [0, 0.1) is 11.6 Å². The Kier molecular flexibility index (Phi) is 6.08. The zero-order valence-corrected chi connectivity index (χ0v) is 16.4. The summed E-state index contributed by atoms with van der Waals surface area (Å²) < 4.78 is 38.1. The number of aromatic hydroxyl groups is 1. The number of phenols is 1. The van der Waals surface area contributed by atoms with E-state index >= 15 is 0 Å². The second-order valence-corrected chi connectivity index (χ2v) is 7.85. The molecule has 2 aliphatic rings. The molecule has 0 aromatic heterocycles. The molecule has 2 aromatic rings. The minimum Gasteiger partial charge on any atom is -0.504 e. The fraction of sp³-hybridized carbons (Fsp3) is 0.455. The Labute approximate surface area is 173 Å². The van der Waals surface area contributed by atoms with Crippen LogP contribution in [0.3, 0.4) is 0 Å². The number of phenolic OH excluding ortho intramolecular Hbond substituents is 1. The van der Waals surface area contributed by atoms with Crippen molar-refractivity contribution in [2.45, 2.75) is 50.1 Å². The number of nitrogens with one attached hydrogen (secondary N) is 1. The van der Waals surface area contributed by atoms with Gasteiger partial charge in [0, 0.05) is 24.7 Å². The predicted octanol–water partition coefficient (Wildman–Crippen LogP) is 2.07. The molecule has 2 aromatic carbocycles. The Morgan fingerprint density at radius 1 is 0.900 bits per heavy atom. The fourth-order valence-electron chi connectivity index (χ4n) is 4.03. The number of fused-ring (bicyclic) bond motifs is 2. The van der Waals surface area contributed by atoms with Crippen LogP contribution in [0.5, 0.6) is 17.2 Å². The molecule has 0 saturated carbocycles. The van der Waals surface area contributed by atoms with Crippen molar-refractivity contribution in [1.82, 2.24) is 5.32 Å². The van der Waals surface area contributed by atoms with E-state index in [1.807, 2.05) is 0 Å². The average molecular weight is 421 g/mol. The van der Waals surface area contributed by atoms with Gasteiger partial charge in [-0.25, -0.2) is 8.78 Å². The molecule has 0 aliphatic carbocycles. The highest BCUT2D eigenvalue weighted by Crippen LogP contribution is 2.37. The van der Waals surface area contributed by atoms with Gasteiger partial charge < -0.3 is 30.1 Å². The number of aliphatic hydroxyl groups is 2. The van der Waals surface area contributed by atoms with Crippen LogP contribution < -0.4 is 14.8 Å². The summed E-state index contributed by atoms with van der Waals surface area (Å²) in [6, 6.07) is 6.65. The summed E-state index contributed by atoms with van der Waals surface area (Å²) in [5.41, 5.74) is 1.37. The number of ether oxygens (including phenoxy) is 2. The van der Waals surface area contributed by atoms with Gasteiger partial charge in [-0.3, -0.25) is 0 Å². The molecular weight excluding hydrogens is 396 g/mol. The molecule has 4 unspecified atom stereocenters. The highest BCUT2D eigenvalue weighted by atomic mass is 19.1. The van der Waals surface area contributed by atoms with E-state index < -0.39 is 30.2 Å². The molecule has 8 heteroatoms. The summed E-state index contributed by atoms with van der Waals surface area (Å²) in [7, 11) is 0. The Balaban J connectivity index is 1.26. The zero-order valence-electron chi connectivity index (χ0n) is 16.4. The highest BCUT2D eigenvalue weighted by Gasteiger charge is 2.30. The summed E-state index contributed by atoms with van der Waals surface area (Å²) in [6.45, 7) is 0.381. The topological polar surface area (TPSA) is 91.2 Å². The molecule has 0 amide bonds. The monoisotopic (exact) mass is 421 g/mol. The number of hydrogen-bond acceptors (Lipinski definition) is 6. The van der Waals surface area contributed by atoms with E-state index in [2.05, 4.69) is 5.32 Å². The lowest BCUT2D eigenvalue weighted by atomic mass is 9.98. The van der Waals surface area contributed by atoms with Crippen molar-refractivity contribution in [1.29, 1.82) is 0 Å². The fourth-order valence-corrected chi connectivity index (χ4v) is 4.03. The van der Waals surface area contributed by atoms with Crippen molar-refractivity contribution < 1.29 is 33.6 Å². The van der Waals surface area contributed by atoms with Crippen LogP contribution in [-0.2, 0) is 12.8 Å². The van der Waals surface area contributed by atoms with Crippen molar-refractivity contribution in [3.05, 3.63) is 53.1 Å². The summed E-state index contributed by atoms with van der Waals surface area (Å²) in [4.78, 5) is 0. The maximum atomic E-state index is 13.4. The third kappa shape index (κ3) is 4.50. The molecule has 0 radical (unpaired) electrons. The molecule has 2 heterocycles. The van der Waals surface area contributed by atoms with Gasteiger partial charge in [0.1, 0.15) is 41.8 Å².